The quantitative estimate of drug-likeness (QED) is 0.172. The number of ether oxygens (including phenoxy) is 1. The van der Waals surface area contributed by atoms with Crippen molar-refractivity contribution in [2.24, 2.45) is 0 Å². The van der Waals surface area contributed by atoms with Crippen molar-refractivity contribution in [2.45, 2.75) is 5.41 Å². The Morgan fingerprint density at radius 1 is 0.387 bits per heavy atom. The van der Waals surface area contributed by atoms with Crippen LogP contribution in [-0.4, -0.2) is 0 Å². The van der Waals surface area contributed by atoms with Crippen molar-refractivity contribution >= 4 is 59.3 Å². The summed E-state index contributed by atoms with van der Waals surface area (Å²) in [5.74, 6) is 1.81. The molecule has 2 heterocycles. The van der Waals surface area contributed by atoms with Gasteiger partial charge in [0.05, 0.1) is 11.1 Å². The van der Waals surface area contributed by atoms with Gasteiger partial charge >= 0.3 is 0 Å². The summed E-state index contributed by atoms with van der Waals surface area (Å²) in [6.45, 7) is 0. The highest BCUT2D eigenvalue weighted by molar-refractivity contribution is 7.26. The highest BCUT2D eigenvalue weighted by Crippen LogP contribution is 2.63. The summed E-state index contributed by atoms with van der Waals surface area (Å²) in [6, 6.07) is 82.0. The van der Waals surface area contributed by atoms with E-state index in [1.54, 1.807) is 0 Å². The normalized spacial score (nSPS) is 13.1. The van der Waals surface area contributed by atoms with Crippen LogP contribution in [0.25, 0.3) is 64.3 Å². The highest BCUT2D eigenvalue weighted by atomic mass is 32.1. The Bertz CT molecular complexity index is 3500. The third-order valence-electron chi connectivity index (χ3n) is 13.1. The zero-order valence-electron chi connectivity index (χ0n) is 33.6. The maximum Gasteiger partial charge on any atom is 0.132 e. The summed E-state index contributed by atoms with van der Waals surface area (Å²) in [4.78, 5) is 2.44. The Morgan fingerprint density at radius 3 is 1.73 bits per heavy atom. The third-order valence-corrected chi connectivity index (χ3v) is 14.4. The minimum Gasteiger partial charge on any atom is -0.457 e. The third kappa shape index (κ3) is 5.03. The highest BCUT2D eigenvalue weighted by Gasteiger charge is 2.51. The van der Waals surface area contributed by atoms with Gasteiger partial charge in [-0.15, -0.1) is 11.3 Å². The van der Waals surface area contributed by atoms with E-state index in [9.17, 15) is 0 Å². The molecule has 2 nitrogen and oxygen atoms in total. The average molecular weight is 808 g/mol. The fourth-order valence-electron chi connectivity index (χ4n) is 10.5. The van der Waals surface area contributed by atoms with Gasteiger partial charge in [0.1, 0.15) is 11.5 Å². The van der Waals surface area contributed by atoms with Crippen molar-refractivity contribution < 1.29 is 4.74 Å². The van der Waals surface area contributed by atoms with Gasteiger partial charge in [0.2, 0.25) is 0 Å². The van der Waals surface area contributed by atoms with Crippen LogP contribution < -0.4 is 9.64 Å². The summed E-state index contributed by atoms with van der Waals surface area (Å²) >= 11 is 1.88. The van der Waals surface area contributed by atoms with Crippen LogP contribution in [0.4, 0.5) is 17.1 Å². The number of para-hydroxylation sites is 2. The lowest BCUT2D eigenvalue weighted by Gasteiger charge is -2.39. The molecule has 3 heteroatoms. The molecule has 0 amide bonds. The topological polar surface area (TPSA) is 12.5 Å². The average Bonchev–Trinajstić information content (AvgIpc) is 3.87. The van der Waals surface area contributed by atoms with Crippen molar-refractivity contribution in [1.29, 1.82) is 0 Å². The first-order valence-electron chi connectivity index (χ1n) is 21.2. The van der Waals surface area contributed by atoms with Gasteiger partial charge in [-0.05, 0) is 98.4 Å². The van der Waals surface area contributed by atoms with Crippen LogP contribution in [0.5, 0.6) is 11.5 Å². The predicted octanol–water partition coefficient (Wildman–Crippen LogP) is 16.5. The number of benzene rings is 10. The summed E-state index contributed by atoms with van der Waals surface area (Å²) in [6.07, 6.45) is 0. The van der Waals surface area contributed by atoms with Gasteiger partial charge in [0, 0.05) is 48.1 Å². The molecular formula is C59H37NOS. The van der Waals surface area contributed by atoms with Gasteiger partial charge in [-0.2, -0.15) is 0 Å². The molecule has 0 saturated carbocycles. The predicted molar refractivity (Wildman–Crippen MR) is 260 cm³/mol. The summed E-state index contributed by atoms with van der Waals surface area (Å²) < 4.78 is 9.22. The second-order valence-corrected chi connectivity index (χ2v) is 17.4. The first-order valence-corrected chi connectivity index (χ1v) is 22.1. The minimum absolute atomic E-state index is 0.512. The van der Waals surface area contributed by atoms with E-state index < -0.39 is 5.41 Å². The largest absolute Gasteiger partial charge is 0.457 e. The minimum atomic E-state index is -0.512. The van der Waals surface area contributed by atoms with E-state index in [2.05, 4.69) is 229 Å². The van der Waals surface area contributed by atoms with Gasteiger partial charge < -0.3 is 9.64 Å². The van der Waals surface area contributed by atoms with Crippen LogP contribution in [0.3, 0.4) is 0 Å². The standard InChI is InChI=1S/C59H37NOS/c1-2-14-38(15-3-1)39-28-33-42(34-29-39)60(52-24-12-16-41-32-37-46-45-17-5-11-27-55(45)62-58(46)56(41)52)43-35-30-40(31-36-43)44-19-13-23-51-57(44)47-18-4-6-20-48(47)59(51)49-21-7-9-25-53(49)61-54-26-10-8-22-50(54)59/h1-37H. The first-order chi connectivity index (χ1) is 30.8. The molecule has 0 bridgehead atoms. The van der Waals surface area contributed by atoms with E-state index in [0.29, 0.717) is 0 Å². The van der Waals surface area contributed by atoms with Crippen molar-refractivity contribution in [3.8, 4) is 44.9 Å². The molecule has 0 unspecified atom stereocenters. The Morgan fingerprint density at radius 2 is 0.968 bits per heavy atom. The molecule has 1 aliphatic heterocycles. The maximum absolute atomic E-state index is 6.61. The Labute approximate surface area is 364 Å². The molecule has 0 fully saturated rings. The number of nitrogens with zero attached hydrogens (tertiary/aromatic N) is 1. The molecule has 0 saturated heterocycles. The SMILES string of the molecule is c1ccc(-c2ccc(N(c3ccc(-c4cccc5c4-c4ccccc4C54c5ccccc5Oc5ccccc54)cc3)c3cccc4ccc5c6ccccc6sc5c34)cc2)cc1. The molecule has 0 atom stereocenters. The van der Waals surface area contributed by atoms with Gasteiger partial charge in [-0.3, -0.25) is 0 Å². The summed E-state index contributed by atoms with van der Waals surface area (Å²) in [7, 11) is 0. The molecule has 0 radical (unpaired) electrons. The summed E-state index contributed by atoms with van der Waals surface area (Å²) in [5.41, 5.74) is 15.1. The molecule has 62 heavy (non-hydrogen) atoms. The maximum atomic E-state index is 6.61. The molecule has 0 N–H and O–H groups in total. The Kier molecular flexibility index (Phi) is 7.72. The van der Waals surface area contributed by atoms with Gasteiger partial charge in [-0.1, -0.05) is 176 Å². The number of anilines is 3. The van der Waals surface area contributed by atoms with E-state index in [-0.39, 0.29) is 0 Å². The number of rotatable bonds is 5. The van der Waals surface area contributed by atoms with E-state index in [4.69, 9.17) is 4.74 Å². The second-order valence-electron chi connectivity index (χ2n) is 16.3. The molecule has 2 aliphatic rings. The fourth-order valence-corrected chi connectivity index (χ4v) is 11.8. The van der Waals surface area contributed by atoms with Crippen molar-refractivity contribution in [1.82, 2.24) is 0 Å². The van der Waals surface area contributed by atoms with E-state index in [1.165, 1.54) is 86.6 Å². The van der Waals surface area contributed by atoms with Crippen molar-refractivity contribution in [2.75, 3.05) is 4.90 Å². The zero-order chi connectivity index (χ0) is 40.8. The van der Waals surface area contributed by atoms with E-state index in [1.807, 2.05) is 11.3 Å². The molecule has 1 aromatic heterocycles. The van der Waals surface area contributed by atoms with Gasteiger partial charge in [0.15, 0.2) is 0 Å². The van der Waals surface area contributed by atoms with E-state index >= 15 is 0 Å². The Balaban J connectivity index is 1.00. The fraction of sp³-hybridized carbons (Fsp3) is 0.0169. The number of fused-ring (bicyclic) bond motifs is 14. The van der Waals surface area contributed by atoms with Gasteiger partial charge in [-0.25, -0.2) is 0 Å². The van der Waals surface area contributed by atoms with Crippen LogP contribution >= 0.6 is 11.3 Å². The lowest BCUT2D eigenvalue weighted by Crippen LogP contribution is -2.32. The Hall–Kier alpha value is -7.72. The molecule has 10 aromatic carbocycles. The zero-order valence-corrected chi connectivity index (χ0v) is 34.4. The molecule has 1 aliphatic carbocycles. The number of hydrogen-bond acceptors (Lipinski definition) is 3. The molecule has 290 valence electrons. The summed E-state index contributed by atoms with van der Waals surface area (Å²) in [5, 5.41) is 5.10. The molecular weight excluding hydrogens is 771 g/mol. The molecule has 11 aromatic rings. The molecule has 13 rings (SSSR count). The molecule has 1 spiro atoms. The smallest absolute Gasteiger partial charge is 0.132 e. The number of thiophene rings is 1. The van der Waals surface area contributed by atoms with Crippen LogP contribution in [0.1, 0.15) is 22.3 Å². The van der Waals surface area contributed by atoms with Crippen LogP contribution in [0, 0.1) is 0 Å². The van der Waals surface area contributed by atoms with Crippen molar-refractivity contribution in [3.05, 3.63) is 247 Å². The monoisotopic (exact) mass is 807 g/mol. The van der Waals surface area contributed by atoms with Crippen LogP contribution in [0.15, 0.2) is 224 Å². The van der Waals surface area contributed by atoms with E-state index in [0.717, 1.165) is 28.6 Å². The lowest BCUT2D eigenvalue weighted by molar-refractivity contribution is 0.436. The lowest BCUT2D eigenvalue weighted by atomic mass is 9.66. The van der Waals surface area contributed by atoms with Crippen molar-refractivity contribution in [3.63, 3.8) is 0 Å². The van der Waals surface area contributed by atoms with Crippen LogP contribution in [0.2, 0.25) is 0 Å². The van der Waals surface area contributed by atoms with Crippen LogP contribution in [-0.2, 0) is 5.41 Å². The van der Waals surface area contributed by atoms with Gasteiger partial charge in [0.25, 0.3) is 0 Å². The second kappa shape index (κ2) is 13.7. The number of hydrogen-bond donors (Lipinski definition) is 0. The first kappa shape index (κ1) is 35.1.